The zero-order chi connectivity index (χ0) is 21.0. The van der Waals surface area contributed by atoms with Gasteiger partial charge in [0.25, 0.3) is 0 Å². The third kappa shape index (κ3) is 3.11. The fraction of sp³-hybridized carbons (Fsp3) is 0.417. The van der Waals surface area contributed by atoms with Crippen LogP contribution in [-0.2, 0) is 19.9 Å². The molecule has 5 rings (SSSR count). The number of benzene rings is 2. The molecule has 0 aromatic heterocycles. The number of carbonyl (C=O) groups excluding carboxylic acids is 2. The average molecular weight is 406 g/mol. The van der Waals surface area contributed by atoms with E-state index in [1.54, 1.807) is 11.8 Å². The molecule has 2 aliphatic heterocycles. The Morgan fingerprint density at radius 2 is 1.70 bits per heavy atom. The predicted octanol–water partition coefficient (Wildman–Crippen LogP) is 3.07. The number of anilines is 2. The van der Waals surface area contributed by atoms with Crippen molar-refractivity contribution in [3.8, 4) is 11.1 Å². The normalized spacial score (nSPS) is 22.3. The number of rotatable bonds is 3. The largest absolute Gasteiger partial charge is 0.380 e. The SMILES string of the molecule is CC(=O)N1c2ccc(-c3ccc(C4(O)COC4)cc3)cc2N(C(=O)C2CC2)C[C@@H]1C. The van der Waals surface area contributed by atoms with E-state index in [0.29, 0.717) is 19.8 Å². The molecule has 30 heavy (non-hydrogen) atoms. The van der Waals surface area contributed by atoms with E-state index in [2.05, 4.69) is 0 Å². The Bertz CT molecular complexity index is 1010. The van der Waals surface area contributed by atoms with Crippen LogP contribution >= 0.6 is 0 Å². The van der Waals surface area contributed by atoms with Crippen molar-refractivity contribution in [3.63, 3.8) is 0 Å². The molecule has 0 spiro atoms. The summed E-state index contributed by atoms with van der Waals surface area (Å²) < 4.78 is 5.15. The van der Waals surface area contributed by atoms with E-state index in [1.165, 1.54) is 0 Å². The highest BCUT2D eigenvalue weighted by molar-refractivity contribution is 6.06. The lowest BCUT2D eigenvalue weighted by molar-refractivity contribution is -0.184. The Labute approximate surface area is 176 Å². The van der Waals surface area contributed by atoms with Crippen LogP contribution < -0.4 is 9.80 Å². The lowest BCUT2D eigenvalue weighted by Crippen LogP contribution is -2.51. The monoisotopic (exact) mass is 406 g/mol. The summed E-state index contributed by atoms with van der Waals surface area (Å²) in [6.07, 6.45) is 1.90. The van der Waals surface area contributed by atoms with E-state index < -0.39 is 5.60 Å². The van der Waals surface area contributed by atoms with Gasteiger partial charge >= 0.3 is 0 Å². The maximum Gasteiger partial charge on any atom is 0.230 e. The first-order valence-corrected chi connectivity index (χ1v) is 10.5. The van der Waals surface area contributed by atoms with Gasteiger partial charge in [0.05, 0.1) is 30.6 Å². The second-order valence-electron chi connectivity index (χ2n) is 8.77. The van der Waals surface area contributed by atoms with E-state index in [9.17, 15) is 14.7 Å². The topological polar surface area (TPSA) is 70.1 Å². The zero-order valence-corrected chi connectivity index (χ0v) is 17.3. The molecule has 2 fully saturated rings. The Kier molecular flexibility index (Phi) is 4.45. The second kappa shape index (κ2) is 6.93. The maximum absolute atomic E-state index is 13.0. The van der Waals surface area contributed by atoms with Crippen LogP contribution in [0.15, 0.2) is 42.5 Å². The molecule has 1 saturated carbocycles. The number of nitrogens with zero attached hydrogens (tertiary/aromatic N) is 2. The summed E-state index contributed by atoms with van der Waals surface area (Å²) in [5.41, 5.74) is 3.52. The molecule has 0 bridgehead atoms. The molecule has 1 aliphatic carbocycles. The number of hydrogen-bond donors (Lipinski definition) is 1. The van der Waals surface area contributed by atoms with Gasteiger partial charge in [0.2, 0.25) is 11.8 Å². The Balaban J connectivity index is 1.53. The summed E-state index contributed by atoms with van der Waals surface area (Å²) in [4.78, 5) is 28.9. The van der Waals surface area contributed by atoms with Gasteiger partial charge in [-0.1, -0.05) is 30.3 Å². The number of ether oxygens (including phenoxy) is 1. The molecule has 2 aromatic rings. The standard InChI is InChI=1S/C24H26N2O4/c1-15-12-25(23(28)18-3-4-18)22-11-19(7-10-21(22)26(15)16(2)27)17-5-8-20(9-6-17)24(29)13-30-14-24/h5-11,15,18,29H,3-4,12-14H2,1-2H3/t15-/m0/s1. The summed E-state index contributed by atoms with van der Waals surface area (Å²) in [6, 6.07) is 13.7. The van der Waals surface area contributed by atoms with Crippen molar-refractivity contribution >= 4 is 23.2 Å². The molecule has 2 aromatic carbocycles. The van der Waals surface area contributed by atoms with Gasteiger partial charge in [-0.3, -0.25) is 9.59 Å². The van der Waals surface area contributed by atoms with Crippen molar-refractivity contribution in [1.29, 1.82) is 0 Å². The van der Waals surface area contributed by atoms with Gasteiger partial charge in [-0.05, 0) is 48.6 Å². The molecule has 2 heterocycles. The van der Waals surface area contributed by atoms with Gasteiger partial charge in [0, 0.05) is 19.4 Å². The molecule has 2 amide bonds. The highest BCUT2D eigenvalue weighted by atomic mass is 16.5. The van der Waals surface area contributed by atoms with Crippen LogP contribution in [0.4, 0.5) is 11.4 Å². The highest BCUT2D eigenvalue weighted by Gasteiger charge is 2.40. The van der Waals surface area contributed by atoms with Gasteiger partial charge in [-0.2, -0.15) is 0 Å². The Morgan fingerprint density at radius 1 is 1.03 bits per heavy atom. The maximum atomic E-state index is 13.0. The van der Waals surface area contributed by atoms with Crippen LogP contribution in [0.5, 0.6) is 0 Å². The summed E-state index contributed by atoms with van der Waals surface area (Å²) in [5, 5.41) is 10.5. The molecule has 0 unspecified atom stereocenters. The van der Waals surface area contributed by atoms with Crippen molar-refractivity contribution in [1.82, 2.24) is 0 Å². The zero-order valence-electron chi connectivity index (χ0n) is 17.3. The third-order valence-electron chi connectivity index (χ3n) is 6.38. The van der Waals surface area contributed by atoms with Crippen molar-refractivity contribution in [2.75, 3.05) is 29.6 Å². The van der Waals surface area contributed by atoms with Crippen LogP contribution in [0.25, 0.3) is 11.1 Å². The van der Waals surface area contributed by atoms with E-state index in [0.717, 1.165) is 40.9 Å². The van der Waals surface area contributed by atoms with Gasteiger partial charge in [-0.25, -0.2) is 0 Å². The van der Waals surface area contributed by atoms with Crippen molar-refractivity contribution in [2.45, 2.75) is 38.3 Å². The van der Waals surface area contributed by atoms with Crippen LogP contribution in [0.3, 0.4) is 0 Å². The minimum absolute atomic E-state index is 0.0182. The fourth-order valence-corrected chi connectivity index (χ4v) is 4.48. The number of aliphatic hydroxyl groups is 1. The minimum Gasteiger partial charge on any atom is -0.380 e. The number of carbonyl (C=O) groups is 2. The van der Waals surface area contributed by atoms with Crippen LogP contribution in [-0.4, -0.2) is 42.7 Å². The second-order valence-corrected chi connectivity index (χ2v) is 8.77. The third-order valence-corrected chi connectivity index (χ3v) is 6.38. The van der Waals surface area contributed by atoms with Gasteiger partial charge in [0.15, 0.2) is 0 Å². The van der Waals surface area contributed by atoms with Crippen molar-refractivity contribution < 1.29 is 19.4 Å². The number of hydrogen-bond acceptors (Lipinski definition) is 4. The molecule has 0 radical (unpaired) electrons. The van der Waals surface area contributed by atoms with E-state index >= 15 is 0 Å². The molecular weight excluding hydrogens is 380 g/mol. The van der Waals surface area contributed by atoms with E-state index in [-0.39, 0.29) is 23.8 Å². The lowest BCUT2D eigenvalue weighted by Gasteiger charge is -2.41. The van der Waals surface area contributed by atoms with Crippen LogP contribution in [0.2, 0.25) is 0 Å². The summed E-state index contributed by atoms with van der Waals surface area (Å²) >= 11 is 0. The van der Waals surface area contributed by atoms with Gasteiger partial charge in [-0.15, -0.1) is 0 Å². The first-order valence-electron chi connectivity index (χ1n) is 10.5. The fourth-order valence-electron chi connectivity index (χ4n) is 4.48. The summed E-state index contributed by atoms with van der Waals surface area (Å²) in [7, 11) is 0. The van der Waals surface area contributed by atoms with Gasteiger partial charge in [0.1, 0.15) is 5.60 Å². The van der Waals surface area contributed by atoms with Crippen molar-refractivity contribution in [2.24, 2.45) is 5.92 Å². The average Bonchev–Trinajstić information content (AvgIpc) is 3.56. The molecule has 3 aliphatic rings. The Hall–Kier alpha value is -2.70. The summed E-state index contributed by atoms with van der Waals surface area (Å²) in [5.74, 6) is 0.253. The molecular formula is C24H26N2O4. The van der Waals surface area contributed by atoms with Crippen LogP contribution in [0.1, 0.15) is 32.3 Å². The number of amides is 2. The molecule has 6 nitrogen and oxygen atoms in total. The summed E-state index contributed by atoms with van der Waals surface area (Å²) in [6.45, 7) is 4.71. The number of fused-ring (bicyclic) bond motifs is 1. The predicted molar refractivity (Wildman–Crippen MR) is 114 cm³/mol. The van der Waals surface area contributed by atoms with E-state index in [1.807, 2.05) is 54.3 Å². The Morgan fingerprint density at radius 3 is 2.27 bits per heavy atom. The molecule has 156 valence electrons. The van der Waals surface area contributed by atoms with Gasteiger partial charge < -0.3 is 19.6 Å². The molecule has 1 N–H and O–H groups in total. The quantitative estimate of drug-likeness (QED) is 0.851. The van der Waals surface area contributed by atoms with E-state index in [4.69, 9.17) is 4.74 Å². The minimum atomic E-state index is -0.889. The molecule has 1 saturated heterocycles. The molecule has 1 atom stereocenters. The van der Waals surface area contributed by atoms with Crippen molar-refractivity contribution in [3.05, 3.63) is 48.0 Å². The van der Waals surface area contributed by atoms with Crippen LogP contribution in [0, 0.1) is 5.92 Å². The highest BCUT2D eigenvalue weighted by Crippen LogP contribution is 2.42. The smallest absolute Gasteiger partial charge is 0.230 e. The first kappa shape index (κ1) is 19.3. The lowest BCUT2D eigenvalue weighted by atomic mass is 9.90. The first-order chi connectivity index (χ1) is 14.4. The molecule has 6 heteroatoms.